The van der Waals surface area contributed by atoms with E-state index in [1.54, 1.807) is 20.0 Å². The minimum absolute atomic E-state index is 0.106. The highest BCUT2D eigenvalue weighted by Gasteiger charge is 2.50. The molecule has 16 heavy (non-hydrogen) atoms. The van der Waals surface area contributed by atoms with E-state index in [4.69, 9.17) is 0 Å². The van der Waals surface area contributed by atoms with E-state index < -0.39 is 20.3 Å². The Morgan fingerprint density at radius 1 is 1.19 bits per heavy atom. The van der Waals surface area contributed by atoms with Crippen molar-refractivity contribution in [2.75, 3.05) is 6.54 Å². The third-order valence-corrected chi connectivity index (χ3v) is 8.85. The van der Waals surface area contributed by atoms with Crippen LogP contribution in [0.2, 0.25) is 18.1 Å². The minimum Gasteiger partial charge on any atom is -0.362 e. The van der Waals surface area contributed by atoms with Gasteiger partial charge in [-0.1, -0.05) is 33.9 Å². The zero-order chi connectivity index (χ0) is 13.4. The average Bonchev–Trinajstić information content (AvgIpc) is 2.00. The van der Waals surface area contributed by atoms with Crippen molar-refractivity contribution in [3.63, 3.8) is 0 Å². The van der Waals surface area contributed by atoms with Crippen LogP contribution in [-0.4, -0.2) is 31.4 Å². The summed E-state index contributed by atoms with van der Waals surface area (Å²) in [6.45, 7) is 10.9. The van der Waals surface area contributed by atoms with Gasteiger partial charge < -0.3 is 4.57 Å². The van der Waals surface area contributed by atoms with Gasteiger partial charge >= 0.3 is 12.1 Å². The van der Waals surface area contributed by atoms with Gasteiger partial charge in [-0.05, 0) is 12.0 Å². The first kappa shape index (κ1) is 15.5. The van der Waals surface area contributed by atoms with Crippen molar-refractivity contribution in [3.8, 4) is 0 Å². The Morgan fingerprint density at radius 3 is 1.75 bits per heavy atom. The maximum Gasteiger partial charge on any atom is 0.470 e. The fourth-order valence-electron chi connectivity index (χ4n) is 1.35. The van der Waals surface area contributed by atoms with Crippen molar-refractivity contribution in [1.82, 2.24) is 4.57 Å². The molecule has 0 aromatic carbocycles. The Morgan fingerprint density at radius 2 is 1.56 bits per heavy atom. The summed E-state index contributed by atoms with van der Waals surface area (Å²) in [7, 11) is -2.44. The lowest BCUT2D eigenvalue weighted by Crippen LogP contribution is -2.60. The normalized spacial score (nSPS) is 13.8. The molecule has 0 aromatic heterocycles. The molecule has 0 saturated heterocycles. The maximum atomic E-state index is 12.4. The summed E-state index contributed by atoms with van der Waals surface area (Å²) in [4.78, 5) is 11.3. The van der Waals surface area contributed by atoms with Crippen LogP contribution in [0.1, 0.15) is 27.7 Å². The smallest absolute Gasteiger partial charge is 0.362 e. The fraction of sp³-hybridized carbons (Fsp3) is 0.900. The maximum absolute atomic E-state index is 12.4. The molecule has 2 nitrogen and oxygen atoms in total. The van der Waals surface area contributed by atoms with Crippen molar-refractivity contribution in [2.45, 2.75) is 52.0 Å². The number of nitrogens with zero attached hydrogens (tertiary/aromatic N) is 1. The van der Waals surface area contributed by atoms with Gasteiger partial charge in [-0.15, -0.1) is 0 Å². The quantitative estimate of drug-likeness (QED) is 0.692. The highest BCUT2D eigenvalue weighted by molar-refractivity contribution is 6.79. The molecule has 0 atom stereocenters. The van der Waals surface area contributed by atoms with Crippen molar-refractivity contribution in [2.24, 2.45) is 0 Å². The lowest BCUT2D eigenvalue weighted by molar-refractivity contribution is -0.181. The largest absolute Gasteiger partial charge is 0.470 e. The van der Waals surface area contributed by atoms with Crippen LogP contribution in [0.15, 0.2) is 0 Å². The lowest BCUT2D eigenvalue weighted by atomic mass is 10.2. The summed E-state index contributed by atoms with van der Waals surface area (Å²) in [6.07, 6.45) is -4.77. The molecule has 0 aliphatic rings. The van der Waals surface area contributed by atoms with E-state index in [0.29, 0.717) is 0 Å². The first-order valence-electron chi connectivity index (χ1n) is 5.24. The molecule has 0 aliphatic carbocycles. The van der Waals surface area contributed by atoms with Crippen LogP contribution in [0, 0.1) is 0 Å². The Labute approximate surface area is 95.9 Å². The van der Waals surface area contributed by atoms with Crippen molar-refractivity contribution < 1.29 is 18.0 Å². The predicted molar refractivity (Wildman–Crippen MR) is 60.6 cm³/mol. The molecule has 0 spiro atoms. The Hall–Kier alpha value is -0.523. The number of carbonyl (C=O) groups excluding carboxylic acids is 1. The number of alkyl halides is 3. The van der Waals surface area contributed by atoms with Crippen LogP contribution in [0.5, 0.6) is 0 Å². The van der Waals surface area contributed by atoms with Crippen LogP contribution in [-0.2, 0) is 4.79 Å². The molecular weight excluding hydrogens is 235 g/mol. The summed E-state index contributed by atoms with van der Waals surface area (Å²) in [5, 5.41) is -0.288. The number of amides is 1. The van der Waals surface area contributed by atoms with Gasteiger partial charge in [-0.2, -0.15) is 13.2 Å². The standard InChI is InChI=1S/C10H20F3NOSi/c1-7-14(8(15)10(11,12)13)16(5,6)9(2,3)4/h7H2,1-6H3. The third-order valence-electron chi connectivity index (χ3n) is 3.31. The van der Waals surface area contributed by atoms with Crippen molar-refractivity contribution in [1.29, 1.82) is 0 Å². The van der Waals surface area contributed by atoms with Crippen LogP contribution < -0.4 is 0 Å². The fourth-order valence-corrected chi connectivity index (χ4v) is 3.59. The van der Waals surface area contributed by atoms with E-state index in [0.717, 1.165) is 4.57 Å². The molecule has 0 bridgehead atoms. The summed E-state index contributed by atoms with van der Waals surface area (Å²) >= 11 is 0. The molecule has 0 aromatic rings. The topological polar surface area (TPSA) is 20.3 Å². The molecule has 0 fully saturated rings. The molecule has 0 N–H and O–H groups in total. The van der Waals surface area contributed by atoms with Gasteiger partial charge in [0.1, 0.15) is 0 Å². The SMILES string of the molecule is CCN(C(=O)C(F)(F)F)[Si](C)(C)C(C)(C)C. The molecule has 96 valence electrons. The summed E-state index contributed by atoms with van der Waals surface area (Å²) < 4.78 is 38.3. The van der Waals surface area contributed by atoms with Crippen LogP contribution in [0.25, 0.3) is 0 Å². The highest BCUT2D eigenvalue weighted by Crippen LogP contribution is 2.39. The summed E-state index contributed by atoms with van der Waals surface area (Å²) in [5.41, 5.74) is 0. The average molecular weight is 255 g/mol. The minimum atomic E-state index is -4.77. The predicted octanol–water partition coefficient (Wildman–Crippen LogP) is 3.40. The lowest BCUT2D eigenvalue weighted by Gasteiger charge is -2.45. The zero-order valence-electron chi connectivity index (χ0n) is 10.7. The molecule has 1 amide bonds. The second-order valence-corrected chi connectivity index (χ2v) is 10.5. The molecule has 0 heterocycles. The van der Waals surface area contributed by atoms with Gasteiger partial charge in [0.25, 0.3) is 0 Å². The third kappa shape index (κ3) is 2.99. The molecule has 6 heteroatoms. The Balaban J connectivity index is 5.25. The molecule has 0 aliphatic heterocycles. The van der Waals surface area contributed by atoms with Gasteiger partial charge in [-0.3, -0.25) is 4.79 Å². The van der Waals surface area contributed by atoms with Gasteiger partial charge in [0, 0.05) is 6.54 Å². The van der Waals surface area contributed by atoms with Crippen LogP contribution in [0.4, 0.5) is 13.2 Å². The first-order chi connectivity index (χ1) is 6.85. The van der Waals surface area contributed by atoms with Crippen molar-refractivity contribution >= 4 is 14.1 Å². The van der Waals surface area contributed by atoms with Gasteiger partial charge in [0.05, 0.1) is 0 Å². The number of hydrogen-bond donors (Lipinski definition) is 0. The molecule has 0 saturated carbocycles. The molecule has 0 radical (unpaired) electrons. The number of halogens is 3. The second-order valence-electron chi connectivity index (χ2n) is 5.36. The zero-order valence-corrected chi connectivity index (χ0v) is 11.7. The summed E-state index contributed by atoms with van der Waals surface area (Å²) in [6, 6.07) is 0. The Bertz CT molecular complexity index is 268. The second kappa shape index (κ2) is 4.39. The van der Waals surface area contributed by atoms with E-state index in [9.17, 15) is 18.0 Å². The summed E-state index contributed by atoms with van der Waals surface area (Å²) in [5.74, 6) is -1.71. The van der Waals surface area contributed by atoms with Gasteiger partial charge in [0.2, 0.25) is 0 Å². The van der Waals surface area contributed by atoms with E-state index in [-0.39, 0.29) is 11.6 Å². The van der Waals surface area contributed by atoms with E-state index in [1.807, 2.05) is 20.8 Å². The van der Waals surface area contributed by atoms with Crippen molar-refractivity contribution in [3.05, 3.63) is 0 Å². The van der Waals surface area contributed by atoms with Gasteiger partial charge in [-0.25, -0.2) is 0 Å². The van der Waals surface area contributed by atoms with E-state index in [2.05, 4.69) is 0 Å². The number of carbonyl (C=O) groups is 1. The highest BCUT2D eigenvalue weighted by atomic mass is 28.3. The van der Waals surface area contributed by atoms with E-state index in [1.165, 1.54) is 0 Å². The van der Waals surface area contributed by atoms with Crippen LogP contribution >= 0.6 is 0 Å². The van der Waals surface area contributed by atoms with Crippen LogP contribution in [0.3, 0.4) is 0 Å². The molecule has 0 unspecified atom stereocenters. The van der Waals surface area contributed by atoms with E-state index >= 15 is 0 Å². The molecular formula is C10H20F3NOSi. The Kier molecular flexibility index (Phi) is 4.25. The first-order valence-corrected chi connectivity index (χ1v) is 8.19. The molecule has 0 rings (SSSR count). The monoisotopic (exact) mass is 255 g/mol. The number of hydrogen-bond acceptors (Lipinski definition) is 1. The number of rotatable bonds is 2. The van der Waals surface area contributed by atoms with Gasteiger partial charge in [0.15, 0.2) is 8.24 Å².